The van der Waals surface area contributed by atoms with Crippen LogP contribution in [0.15, 0.2) is 71.6 Å². The van der Waals surface area contributed by atoms with Crippen LogP contribution in [0.3, 0.4) is 0 Å². The fourth-order valence-electron chi connectivity index (χ4n) is 2.88. The molecule has 0 aliphatic rings. The van der Waals surface area contributed by atoms with E-state index < -0.39 is 26.8 Å². The molecule has 0 spiro atoms. The van der Waals surface area contributed by atoms with E-state index in [1.165, 1.54) is 36.0 Å². The number of sulfonamides is 1. The number of alkyl halides is 3. The summed E-state index contributed by atoms with van der Waals surface area (Å²) in [6, 6.07) is 16.0. The van der Waals surface area contributed by atoms with E-state index in [0.717, 1.165) is 23.3 Å². The first-order valence-corrected chi connectivity index (χ1v) is 12.9. The quantitative estimate of drug-likeness (QED) is 0.358. The molecule has 0 aliphatic heterocycles. The van der Waals surface area contributed by atoms with Gasteiger partial charge in [0.05, 0.1) is 21.2 Å². The minimum absolute atomic E-state index is 0.178. The predicted octanol–water partition coefficient (Wildman–Crippen LogP) is 6.34. The number of aryl methyl sites for hydroxylation is 1. The number of amides is 1. The summed E-state index contributed by atoms with van der Waals surface area (Å²) < 4.78 is 66.3. The molecule has 180 valence electrons. The summed E-state index contributed by atoms with van der Waals surface area (Å²) in [5, 5.41) is 2.15. The van der Waals surface area contributed by atoms with Crippen molar-refractivity contribution >= 4 is 50.7 Å². The molecule has 5 nitrogen and oxygen atoms in total. The van der Waals surface area contributed by atoms with E-state index in [-0.39, 0.29) is 22.2 Å². The van der Waals surface area contributed by atoms with Crippen molar-refractivity contribution in [3.63, 3.8) is 0 Å². The van der Waals surface area contributed by atoms with Crippen LogP contribution in [0.2, 0.25) is 5.02 Å². The van der Waals surface area contributed by atoms with Gasteiger partial charge in [0.15, 0.2) is 0 Å². The smallest absolute Gasteiger partial charge is 0.325 e. The number of hydrogen-bond acceptors (Lipinski definition) is 4. The zero-order valence-corrected chi connectivity index (χ0v) is 20.2. The van der Waals surface area contributed by atoms with Crippen molar-refractivity contribution in [3.8, 4) is 0 Å². The molecule has 0 aliphatic carbocycles. The molecule has 0 heterocycles. The molecule has 1 amide bonds. The Labute approximate surface area is 204 Å². The topological polar surface area (TPSA) is 75.3 Å². The number of benzene rings is 3. The van der Waals surface area contributed by atoms with Crippen molar-refractivity contribution in [1.82, 2.24) is 0 Å². The van der Waals surface area contributed by atoms with Gasteiger partial charge in [0.25, 0.3) is 10.0 Å². The van der Waals surface area contributed by atoms with E-state index in [4.69, 9.17) is 11.6 Å². The van der Waals surface area contributed by atoms with Gasteiger partial charge in [-0.2, -0.15) is 13.2 Å². The number of rotatable bonds is 8. The third-order valence-electron chi connectivity index (χ3n) is 4.59. The van der Waals surface area contributed by atoms with Gasteiger partial charge in [0.2, 0.25) is 5.91 Å². The van der Waals surface area contributed by atoms with Crippen LogP contribution < -0.4 is 10.0 Å². The normalized spacial score (nSPS) is 11.8. The molecule has 3 rings (SSSR count). The summed E-state index contributed by atoms with van der Waals surface area (Å²) in [7, 11) is -4.16. The van der Waals surface area contributed by atoms with Crippen molar-refractivity contribution in [3.05, 3.63) is 88.4 Å². The van der Waals surface area contributed by atoms with Crippen LogP contribution in [0, 0.1) is 6.92 Å². The van der Waals surface area contributed by atoms with Crippen LogP contribution >= 0.6 is 23.4 Å². The van der Waals surface area contributed by atoms with Crippen LogP contribution in [0.1, 0.15) is 16.7 Å². The average Bonchev–Trinajstić information content (AvgIpc) is 2.76. The Morgan fingerprint density at radius 2 is 1.59 bits per heavy atom. The lowest BCUT2D eigenvalue weighted by molar-refractivity contribution is -0.137. The van der Waals surface area contributed by atoms with Gasteiger partial charge >= 0.3 is 6.18 Å². The second-order valence-electron chi connectivity index (χ2n) is 7.35. The molecule has 0 aromatic heterocycles. The summed E-state index contributed by atoms with van der Waals surface area (Å²) in [5.74, 6) is 0.650. The molecule has 0 saturated carbocycles. The molecule has 2 N–H and O–H groups in total. The summed E-state index contributed by atoms with van der Waals surface area (Å²) in [5.41, 5.74) is 1.23. The van der Waals surface area contributed by atoms with Gasteiger partial charge in [-0.05, 0) is 55.0 Å². The van der Waals surface area contributed by atoms with Crippen molar-refractivity contribution in [2.45, 2.75) is 23.7 Å². The number of carbonyl (C=O) groups is 1. The maximum Gasteiger partial charge on any atom is 0.417 e. The number of anilines is 2. The molecular formula is C23H20ClF3N2O3S2. The molecule has 0 radical (unpaired) electrons. The highest BCUT2D eigenvalue weighted by atomic mass is 35.5. The van der Waals surface area contributed by atoms with Crippen molar-refractivity contribution in [2.75, 3.05) is 15.8 Å². The Hall–Kier alpha value is -2.69. The van der Waals surface area contributed by atoms with E-state index in [9.17, 15) is 26.4 Å². The SMILES string of the molecule is Cc1ccc(CSCC(=O)Nc2ccc(S(=O)(=O)Nc3ccc(Cl)c(C(F)(F)F)c3)cc2)cc1. The Morgan fingerprint density at radius 1 is 0.971 bits per heavy atom. The number of hydrogen-bond donors (Lipinski definition) is 2. The van der Waals surface area contributed by atoms with Crippen molar-refractivity contribution < 1.29 is 26.4 Å². The van der Waals surface area contributed by atoms with E-state index in [2.05, 4.69) is 10.0 Å². The molecule has 3 aromatic carbocycles. The first-order chi connectivity index (χ1) is 15.9. The van der Waals surface area contributed by atoms with E-state index in [1.807, 2.05) is 31.2 Å². The average molecular weight is 529 g/mol. The van der Waals surface area contributed by atoms with Gasteiger partial charge < -0.3 is 5.32 Å². The third kappa shape index (κ3) is 7.15. The van der Waals surface area contributed by atoms with Gasteiger partial charge in [-0.25, -0.2) is 8.42 Å². The largest absolute Gasteiger partial charge is 0.417 e. The number of halogens is 4. The van der Waals surface area contributed by atoms with E-state index >= 15 is 0 Å². The molecule has 0 atom stereocenters. The minimum Gasteiger partial charge on any atom is -0.325 e. The Balaban J connectivity index is 1.58. The molecule has 0 unspecified atom stereocenters. The first kappa shape index (κ1) is 25.9. The molecule has 11 heteroatoms. The first-order valence-electron chi connectivity index (χ1n) is 9.87. The molecule has 34 heavy (non-hydrogen) atoms. The molecule has 3 aromatic rings. The van der Waals surface area contributed by atoms with Gasteiger partial charge in [0, 0.05) is 17.1 Å². The highest BCUT2D eigenvalue weighted by Crippen LogP contribution is 2.36. The molecule has 0 saturated heterocycles. The Bertz CT molecular complexity index is 1260. The van der Waals surface area contributed by atoms with Crippen LogP contribution in [0.4, 0.5) is 24.5 Å². The lowest BCUT2D eigenvalue weighted by Gasteiger charge is -2.13. The second-order valence-corrected chi connectivity index (χ2v) is 10.4. The standard InChI is InChI=1S/C23H20ClF3N2O3S2/c1-15-2-4-16(5-3-15)13-33-14-22(30)28-17-6-9-19(10-7-17)34(31,32)29-18-8-11-21(24)20(12-18)23(25,26)27/h2-12,29H,13-14H2,1H3,(H,28,30). The fourth-order valence-corrected chi connectivity index (χ4v) is 4.94. The van der Waals surface area contributed by atoms with Gasteiger partial charge in [-0.15, -0.1) is 11.8 Å². The molecule has 0 bridgehead atoms. The van der Waals surface area contributed by atoms with Crippen LogP contribution in [-0.2, 0) is 26.7 Å². The van der Waals surface area contributed by atoms with Gasteiger partial charge in [-0.3, -0.25) is 9.52 Å². The van der Waals surface area contributed by atoms with Crippen molar-refractivity contribution in [1.29, 1.82) is 0 Å². The van der Waals surface area contributed by atoms with Gasteiger partial charge in [-0.1, -0.05) is 41.4 Å². The van der Waals surface area contributed by atoms with Crippen LogP contribution in [0.5, 0.6) is 0 Å². The maximum atomic E-state index is 13.0. The monoisotopic (exact) mass is 528 g/mol. The Morgan fingerprint density at radius 3 is 2.21 bits per heavy atom. The summed E-state index contributed by atoms with van der Waals surface area (Å²) in [6.07, 6.45) is -4.73. The van der Waals surface area contributed by atoms with E-state index in [0.29, 0.717) is 17.5 Å². The summed E-state index contributed by atoms with van der Waals surface area (Å²) >= 11 is 7.01. The second kappa shape index (κ2) is 10.7. The zero-order valence-electron chi connectivity index (χ0n) is 17.8. The third-order valence-corrected chi connectivity index (χ3v) is 7.33. The summed E-state index contributed by atoms with van der Waals surface area (Å²) in [4.78, 5) is 12.0. The highest BCUT2D eigenvalue weighted by molar-refractivity contribution is 7.99. The summed E-state index contributed by atoms with van der Waals surface area (Å²) in [6.45, 7) is 2.00. The predicted molar refractivity (Wildman–Crippen MR) is 130 cm³/mol. The molecule has 0 fully saturated rings. The fraction of sp³-hybridized carbons (Fsp3) is 0.174. The molecular weight excluding hydrogens is 509 g/mol. The van der Waals surface area contributed by atoms with Crippen LogP contribution in [-0.4, -0.2) is 20.1 Å². The number of thioether (sulfide) groups is 1. The zero-order chi connectivity index (χ0) is 24.9. The minimum atomic E-state index is -4.73. The lowest BCUT2D eigenvalue weighted by Crippen LogP contribution is -2.16. The number of carbonyl (C=O) groups excluding carboxylic acids is 1. The lowest BCUT2D eigenvalue weighted by atomic mass is 10.2. The van der Waals surface area contributed by atoms with Gasteiger partial charge in [0.1, 0.15) is 0 Å². The number of nitrogens with one attached hydrogen (secondary N) is 2. The highest BCUT2D eigenvalue weighted by Gasteiger charge is 2.33. The van der Waals surface area contributed by atoms with E-state index in [1.54, 1.807) is 0 Å². The van der Waals surface area contributed by atoms with Crippen LogP contribution in [0.25, 0.3) is 0 Å². The maximum absolute atomic E-state index is 13.0. The Kier molecular flexibility index (Phi) is 8.17. The van der Waals surface area contributed by atoms with Crippen molar-refractivity contribution in [2.24, 2.45) is 0 Å².